The normalized spacial score (nSPS) is 21.5. The second-order valence-electron chi connectivity index (χ2n) is 5.11. The van der Waals surface area contributed by atoms with Gasteiger partial charge in [-0.2, -0.15) is 0 Å². The maximum atomic E-state index is 11.8. The number of carbonyl (C=O) groups excluding carboxylic acids is 1. The fourth-order valence-electron chi connectivity index (χ4n) is 2.05. The third-order valence-corrected chi connectivity index (χ3v) is 2.92. The van der Waals surface area contributed by atoms with E-state index in [1.54, 1.807) is 0 Å². The number of piperidine rings is 1. The molecular formula is C12H22N2O3. The smallest absolute Gasteiger partial charge is 0.317 e. The molecule has 1 aliphatic heterocycles. The van der Waals surface area contributed by atoms with Crippen LogP contribution in [0.25, 0.3) is 0 Å². The molecule has 1 aliphatic rings. The Bertz CT molecular complexity index is 279. The molecule has 98 valence electrons. The molecule has 0 aromatic rings. The zero-order valence-corrected chi connectivity index (χ0v) is 10.6. The van der Waals surface area contributed by atoms with Crippen LogP contribution in [0.5, 0.6) is 0 Å². The molecule has 2 N–H and O–H groups in total. The van der Waals surface area contributed by atoms with Crippen molar-refractivity contribution in [1.29, 1.82) is 0 Å². The predicted molar refractivity (Wildman–Crippen MR) is 64.6 cm³/mol. The quantitative estimate of drug-likeness (QED) is 0.739. The highest BCUT2D eigenvalue weighted by molar-refractivity contribution is 5.79. The fourth-order valence-corrected chi connectivity index (χ4v) is 2.05. The van der Waals surface area contributed by atoms with Crippen LogP contribution < -0.4 is 5.32 Å². The molecule has 5 heteroatoms. The van der Waals surface area contributed by atoms with Crippen LogP contribution in [-0.4, -0.2) is 48.1 Å². The van der Waals surface area contributed by atoms with E-state index in [2.05, 4.69) is 19.2 Å². The molecule has 1 heterocycles. The number of likely N-dealkylation sites (tertiary alicyclic amines) is 1. The second kappa shape index (κ2) is 6.59. The lowest BCUT2D eigenvalue weighted by Crippen LogP contribution is -2.45. The van der Waals surface area contributed by atoms with Crippen molar-refractivity contribution < 1.29 is 14.7 Å². The lowest BCUT2D eigenvalue weighted by Gasteiger charge is -2.30. The highest BCUT2D eigenvalue weighted by Crippen LogP contribution is 2.16. The van der Waals surface area contributed by atoms with Crippen molar-refractivity contribution in [1.82, 2.24) is 10.2 Å². The number of nitrogens with one attached hydrogen (secondary N) is 1. The van der Waals surface area contributed by atoms with E-state index in [-0.39, 0.29) is 18.4 Å². The summed E-state index contributed by atoms with van der Waals surface area (Å²) in [6.07, 6.45) is 1.76. The summed E-state index contributed by atoms with van der Waals surface area (Å²) < 4.78 is 0. The van der Waals surface area contributed by atoms with E-state index in [4.69, 9.17) is 5.11 Å². The highest BCUT2D eigenvalue weighted by Gasteiger charge is 2.26. The summed E-state index contributed by atoms with van der Waals surface area (Å²) in [5.41, 5.74) is 0. The average molecular weight is 242 g/mol. The van der Waals surface area contributed by atoms with Crippen LogP contribution in [0.15, 0.2) is 0 Å². The van der Waals surface area contributed by atoms with Crippen molar-refractivity contribution in [2.75, 3.05) is 26.2 Å². The summed E-state index contributed by atoms with van der Waals surface area (Å²) in [5.74, 6) is -0.374. The lowest BCUT2D eigenvalue weighted by atomic mass is 9.97. The van der Waals surface area contributed by atoms with Crippen LogP contribution in [0.3, 0.4) is 0 Å². The summed E-state index contributed by atoms with van der Waals surface area (Å²) in [6.45, 7) is 6.18. The van der Waals surface area contributed by atoms with Gasteiger partial charge in [-0.05, 0) is 25.3 Å². The number of hydrogen-bond acceptors (Lipinski definition) is 3. The van der Waals surface area contributed by atoms with Crippen molar-refractivity contribution in [3.63, 3.8) is 0 Å². The molecule has 0 saturated carbocycles. The van der Waals surface area contributed by atoms with Gasteiger partial charge in [-0.15, -0.1) is 0 Å². The first-order valence-corrected chi connectivity index (χ1v) is 6.21. The molecule has 0 aromatic heterocycles. The maximum Gasteiger partial charge on any atom is 0.317 e. The number of nitrogens with zero attached hydrogens (tertiary/aromatic N) is 1. The van der Waals surface area contributed by atoms with Crippen LogP contribution >= 0.6 is 0 Å². The van der Waals surface area contributed by atoms with Gasteiger partial charge in [0, 0.05) is 13.1 Å². The number of aliphatic carboxylic acids is 1. The minimum Gasteiger partial charge on any atom is -0.480 e. The SMILES string of the molecule is CC(C)CNC(=O)C1CCCN(CC(=O)O)C1. The van der Waals surface area contributed by atoms with Crippen LogP contribution in [0.4, 0.5) is 0 Å². The molecule has 0 radical (unpaired) electrons. The number of rotatable bonds is 5. The van der Waals surface area contributed by atoms with Crippen molar-refractivity contribution in [2.24, 2.45) is 11.8 Å². The van der Waals surface area contributed by atoms with E-state index in [9.17, 15) is 9.59 Å². The Kier molecular flexibility index (Phi) is 5.41. The van der Waals surface area contributed by atoms with Gasteiger partial charge in [0.05, 0.1) is 12.5 Å². The van der Waals surface area contributed by atoms with Gasteiger partial charge in [0.15, 0.2) is 0 Å². The van der Waals surface area contributed by atoms with Gasteiger partial charge in [0.25, 0.3) is 0 Å². The number of hydrogen-bond donors (Lipinski definition) is 2. The van der Waals surface area contributed by atoms with E-state index in [1.165, 1.54) is 0 Å². The van der Waals surface area contributed by atoms with E-state index < -0.39 is 5.97 Å². The second-order valence-corrected chi connectivity index (χ2v) is 5.11. The summed E-state index contributed by atoms with van der Waals surface area (Å²) in [6, 6.07) is 0. The Morgan fingerprint density at radius 2 is 2.18 bits per heavy atom. The first-order chi connectivity index (χ1) is 7.99. The third-order valence-electron chi connectivity index (χ3n) is 2.92. The van der Waals surface area contributed by atoms with Gasteiger partial charge >= 0.3 is 5.97 Å². The van der Waals surface area contributed by atoms with Crippen molar-refractivity contribution in [2.45, 2.75) is 26.7 Å². The van der Waals surface area contributed by atoms with Gasteiger partial charge in [-0.25, -0.2) is 0 Å². The summed E-state index contributed by atoms with van der Waals surface area (Å²) in [4.78, 5) is 24.3. The molecule has 1 amide bonds. The molecule has 17 heavy (non-hydrogen) atoms. The van der Waals surface area contributed by atoms with Gasteiger partial charge < -0.3 is 10.4 Å². The Balaban J connectivity index is 2.37. The molecular weight excluding hydrogens is 220 g/mol. The number of carboxylic acid groups (broad SMARTS) is 1. The Morgan fingerprint density at radius 1 is 1.47 bits per heavy atom. The van der Waals surface area contributed by atoms with Crippen LogP contribution in [-0.2, 0) is 9.59 Å². The summed E-state index contributed by atoms with van der Waals surface area (Å²) >= 11 is 0. The maximum absolute atomic E-state index is 11.8. The van der Waals surface area contributed by atoms with Crippen LogP contribution in [0.2, 0.25) is 0 Å². The van der Waals surface area contributed by atoms with Crippen molar-refractivity contribution >= 4 is 11.9 Å². The van der Waals surface area contributed by atoms with Crippen molar-refractivity contribution in [3.8, 4) is 0 Å². The summed E-state index contributed by atoms with van der Waals surface area (Å²) in [7, 11) is 0. The zero-order chi connectivity index (χ0) is 12.8. The first kappa shape index (κ1) is 14.0. The topological polar surface area (TPSA) is 69.6 Å². The molecule has 1 rings (SSSR count). The summed E-state index contributed by atoms with van der Waals surface area (Å²) in [5, 5.41) is 11.6. The molecule has 0 aliphatic carbocycles. The van der Waals surface area contributed by atoms with E-state index >= 15 is 0 Å². The Labute approximate surface area is 102 Å². The molecule has 1 fully saturated rings. The molecule has 1 saturated heterocycles. The molecule has 1 unspecified atom stereocenters. The molecule has 0 aromatic carbocycles. The number of carbonyl (C=O) groups is 2. The number of carboxylic acids is 1. The zero-order valence-electron chi connectivity index (χ0n) is 10.6. The predicted octanol–water partition coefficient (Wildman–Crippen LogP) is 0.555. The fraction of sp³-hybridized carbons (Fsp3) is 0.833. The number of amides is 1. The minimum atomic E-state index is -0.826. The first-order valence-electron chi connectivity index (χ1n) is 6.21. The highest BCUT2D eigenvalue weighted by atomic mass is 16.4. The van der Waals surface area contributed by atoms with Gasteiger partial charge in [0.1, 0.15) is 0 Å². The van der Waals surface area contributed by atoms with Crippen LogP contribution in [0, 0.1) is 11.8 Å². The van der Waals surface area contributed by atoms with E-state index in [0.717, 1.165) is 19.4 Å². The monoisotopic (exact) mass is 242 g/mol. The molecule has 0 bridgehead atoms. The lowest BCUT2D eigenvalue weighted by molar-refractivity contribution is -0.139. The third kappa shape index (κ3) is 5.17. The van der Waals surface area contributed by atoms with Gasteiger partial charge in [-0.1, -0.05) is 13.8 Å². The van der Waals surface area contributed by atoms with Gasteiger partial charge in [-0.3, -0.25) is 14.5 Å². The molecule has 1 atom stereocenters. The average Bonchev–Trinajstić information content (AvgIpc) is 2.25. The molecule has 5 nitrogen and oxygen atoms in total. The largest absolute Gasteiger partial charge is 0.480 e. The van der Waals surface area contributed by atoms with E-state index in [1.807, 2.05) is 4.90 Å². The standard InChI is InChI=1S/C12H22N2O3/c1-9(2)6-13-12(17)10-4-3-5-14(7-10)8-11(15)16/h9-10H,3-8H2,1-2H3,(H,13,17)(H,15,16). The van der Waals surface area contributed by atoms with Gasteiger partial charge in [0.2, 0.25) is 5.91 Å². The molecule has 0 spiro atoms. The van der Waals surface area contributed by atoms with Crippen molar-refractivity contribution in [3.05, 3.63) is 0 Å². The van der Waals surface area contributed by atoms with Crippen LogP contribution in [0.1, 0.15) is 26.7 Å². The Morgan fingerprint density at radius 3 is 2.76 bits per heavy atom. The minimum absolute atomic E-state index is 0.0357. The Hall–Kier alpha value is -1.10. The van der Waals surface area contributed by atoms with E-state index in [0.29, 0.717) is 19.0 Å².